The number of aromatic nitrogens is 1. The molecule has 31 heavy (non-hydrogen) atoms. The predicted molar refractivity (Wildman–Crippen MR) is 118 cm³/mol. The molecule has 0 aliphatic heterocycles. The van der Waals surface area contributed by atoms with Crippen LogP contribution in [0.4, 0.5) is 0 Å². The first-order chi connectivity index (χ1) is 14.7. The normalized spacial score (nSPS) is 20.0. The third-order valence-corrected chi connectivity index (χ3v) is 6.83. The molecule has 8 nitrogen and oxygen atoms in total. The standard InChI is InChI=1S/C22H28N4O4S/c1-26-19-10-6-3-7-15(19)13-20(26)22(28)25-18-9-5-4-8-17(18)21(27)24-16(14-23)11-12-31(2,29)30/h3,6-7,10,13,16-18H,4-5,8-9,11-12H2,1-2H3,(H,24,27)(H,25,28)/t16-,17+,18-/m0/s1. The van der Waals surface area contributed by atoms with Crippen molar-refractivity contribution in [1.82, 2.24) is 15.2 Å². The quantitative estimate of drug-likeness (QED) is 0.676. The number of benzene rings is 1. The molecule has 1 fully saturated rings. The third kappa shape index (κ3) is 5.64. The number of sulfone groups is 1. The Morgan fingerprint density at radius 3 is 2.65 bits per heavy atom. The molecule has 1 aromatic heterocycles. The van der Waals surface area contributed by atoms with Crippen LogP contribution in [0.3, 0.4) is 0 Å². The molecule has 9 heteroatoms. The number of rotatable bonds is 7. The molecular formula is C22H28N4O4S. The molecule has 1 heterocycles. The molecular weight excluding hydrogens is 416 g/mol. The zero-order chi connectivity index (χ0) is 22.6. The SMILES string of the molecule is Cn1c(C(=O)N[C@H]2CCCC[C@H]2C(=O)N[C@H](C#N)CCS(C)(=O)=O)cc2ccccc21. The van der Waals surface area contributed by atoms with Crippen LogP contribution in [0.25, 0.3) is 10.9 Å². The fourth-order valence-electron chi connectivity index (χ4n) is 4.15. The molecule has 3 atom stereocenters. The zero-order valence-corrected chi connectivity index (χ0v) is 18.6. The molecule has 0 saturated heterocycles. The second-order valence-electron chi connectivity index (χ2n) is 8.23. The van der Waals surface area contributed by atoms with Gasteiger partial charge in [-0.2, -0.15) is 5.26 Å². The summed E-state index contributed by atoms with van der Waals surface area (Å²) in [6, 6.07) is 10.3. The van der Waals surface area contributed by atoms with Crippen molar-refractivity contribution >= 4 is 32.6 Å². The monoisotopic (exact) mass is 444 g/mol. The maximum atomic E-state index is 13.0. The number of aryl methyl sites for hydroxylation is 1. The molecule has 0 bridgehead atoms. The molecule has 0 spiro atoms. The summed E-state index contributed by atoms with van der Waals surface area (Å²) in [5.74, 6) is -1.18. The first-order valence-electron chi connectivity index (χ1n) is 10.4. The van der Waals surface area contributed by atoms with Gasteiger partial charge in [0.1, 0.15) is 21.6 Å². The molecule has 0 radical (unpaired) electrons. The summed E-state index contributed by atoms with van der Waals surface area (Å²) >= 11 is 0. The van der Waals surface area contributed by atoms with Gasteiger partial charge in [-0.15, -0.1) is 0 Å². The summed E-state index contributed by atoms with van der Waals surface area (Å²) in [6.45, 7) is 0. The summed E-state index contributed by atoms with van der Waals surface area (Å²) in [5, 5.41) is 15.9. The molecule has 0 unspecified atom stereocenters. The topological polar surface area (TPSA) is 121 Å². The number of fused-ring (bicyclic) bond motifs is 1. The van der Waals surface area contributed by atoms with Gasteiger partial charge in [-0.1, -0.05) is 31.0 Å². The first kappa shape index (κ1) is 22.8. The van der Waals surface area contributed by atoms with Crippen molar-refractivity contribution in [2.45, 2.75) is 44.2 Å². The Balaban J connectivity index is 1.69. The molecule has 2 aromatic rings. The number of carbonyl (C=O) groups is 2. The van der Waals surface area contributed by atoms with Crippen LogP contribution in [0.2, 0.25) is 0 Å². The van der Waals surface area contributed by atoms with Crippen LogP contribution < -0.4 is 10.6 Å². The van der Waals surface area contributed by atoms with E-state index in [0.717, 1.165) is 30.0 Å². The Morgan fingerprint density at radius 2 is 1.97 bits per heavy atom. The minimum absolute atomic E-state index is 0.0424. The Hall–Kier alpha value is -2.86. The lowest BCUT2D eigenvalue weighted by Crippen LogP contribution is -2.50. The number of hydrogen-bond donors (Lipinski definition) is 2. The van der Waals surface area contributed by atoms with Crippen molar-refractivity contribution in [3.05, 3.63) is 36.0 Å². The molecule has 1 aliphatic rings. The van der Waals surface area contributed by atoms with Crippen molar-refractivity contribution in [2.75, 3.05) is 12.0 Å². The highest BCUT2D eigenvalue weighted by atomic mass is 32.2. The molecule has 1 saturated carbocycles. The minimum atomic E-state index is -3.22. The Kier molecular flexibility index (Phi) is 7.01. The fraction of sp³-hybridized carbons (Fsp3) is 0.500. The number of para-hydroxylation sites is 1. The Morgan fingerprint density at radius 1 is 1.26 bits per heavy atom. The summed E-state index contributed by atoms with van der Waals surface area (Å²) in [4.78, 5) is 25.8. The number of nitrogens with zero attached hydrogens (tertiary/aromatic N) is 2. The van der Waals surface area contributed by atoms with E-state index in [4.69, 9.17) is 0 Å². The van der Waals surface area contributed by atoms with Gasteiger partial charge in [0.05, 0.1) is 17.7 Å². The van der Waals surface area contributed by atoms with E-state index < -0.39 is 21.8 Å². The van der Waals surface area contributed by atoms with Crippen molar-refractivity contribution < 1.29 is 18.0 Å². The lowest BCUT2D eigenvalue weighted by Gasteiger charge is -2.31. The Labute approximate surface area is 182 Å². The Bertz CT molecular complexity index is 1120. The van der Waals surface area contributed by atoms with Crippen molar-refractivity contribution in [3.63, 3.8) is 0 Å². The molecule has 2 N–H and O–H groups in total. The van der Waals surface area contributed by atoms with Crippen LogP contribution in [-0.4, -0.2) is 48.9 Å². The van der Waals surface area contributed by atoms with Gasteiger partial charge in [-0.25, -0.2) is 8.42 Å². The highest BCUT2D eigenvalue weighted by Crippen LogP contribution is 2.26. The van der Waals surface area contributed by atoms with Gasteiger partial charge >= 0.3 is 0 Å². The lowest BCUT2D eigenvalue weighted by atomic mass is 9.83. The van der Waals surface area contributed by atoms with Crippen LogP contribution >= 0.6 is 0 Å². The average Bonchev–Trinajstić information content (AvgIpc) is 3.07. The number of nitriles is 1. The summed E-state index contributed by atoms with van der Waals surface area (Å²) in [5.41, 5.74) is 1.47. The highest BCUT2D eigenvalue weighted by molar-refractivity contribution is 7.90. The molecule has 1 aromatic carbocycles. The summed E-state index contributed by atoms with van der Waals surface area (Å²) in [7, 11) is -1.39. The van der Waals surface area contributed by atoms with Gasteiger partial charge in [-0.05, 0) is 31.4 Å². The van der Waals surface area contributed by atoms with Crippen molar-refractivity contribution in [1.29, 1.82) is 5.26 Å². The molecule has 1 aliphatic carbocycles. The van der Waals surface area contributed by atoms with Crippen LogP contribution in [0.15, 0.2) is 30.3 Å². The van der Waals surface area contributed by atoms with E-state index >= 15 is 0 Å². The predicted octanol–water partition coefficient (Wildman–Crippen LogP) is 1.91. The van der Waals surface area contributed by atoms with Gasteiger partial charge in [0, 0.05) is 30.2 Å². The smallest absolute Gasteiger partial charge is 0.268 e. The van der Waals surface area contributed by atoms with E-state index in [2.05, 4.69) is 10.6 Å². The first-order valence-corrected chi connectivity index (χ1v) is 12.5. The zero-order valence-electron chi connectivity index (χ0n) is 17.8. The number of nitrogens with one attached hydrogen (secondary N) is 2. The summed E-state index contributed by atoms with van der Waals surface area (Å²) in [6.07, 6.45) is 4.19. The third-order valence-electron chi connectivity index (χ3n) is 5.85. The molecule has 3 rings (SSSR count). The van der Waals surface area contributed by atoms with Crippen LogP contribution in [0.5, 0.6) is 0 Å². The van der Waals surface area contributed by atoms with E-state index in [0.29, 0.717) is 18.5 Å². The van der Waals surface area contributed by atoms with Gasteiger partial charge in [0.15, 0.2) is 0 Å². The number of amides is 2. The fourth-order valence-corrected chi connectivity index (χ4v) is 4.81. The highest BCUT2D eigenvalue weighted by Gasteiger charge is 2.33. The van der Waals surface area contributed by atoms with Gasteiger partial charge in [0.2, 0.25) is 5.91 Å². The van der Waals surface area contributed by atoms with E-state index in [1.54, 1.807) is 0 Å². The van der Waals surface area contributed by atoms with Crippen LogP contribution in [0, 0.1) is 17.2 Å². The number of hydrogen-bond acceptors (Lipinski definition) is 5. The van der Waals surface area contributed by atoms with E-state index in [1.165, 1.54) is 0 Å². The number of carbonyl (C=O) groups excluding carboxylic acids is 2. The lowest BCUT2D eigenvalue weighted by molar-refractivity contribution is -0.127. The largest absolute Gasteiger partial charge is 0.347 e. The van der Waals surface area contributed by atoms with E-state index in [9.17, 15) is 23.3 Å². The van der Waals surface area contributed by atoms with Gasteiger partial charge in [-0.3, -0.25) is 9.59 Å². The maximum Gasteiger partial charge on any atom is 0.268 e. The van der Waals surface area contributed by atoms with Crippen LogP contribution in [0.1, 0.15) is 42.6 Å². The van der Waals surface area contributed by atoms with Gasteiger partial charge < -0.3 is 15.2 Å². The van der Waals surface area contributed by atoms with Crippen molar-refractivity contribution in [3.8, 4) is 6.07 Å². The second kappa shape index (κ2) is 9.52. The molecule has 166 valence electrons. The molecule has 2 amide bonds. The maximum absolute atomic E-state index is 13.0. The minimum Gasteiger partial charge on any atom is -0.347 e. The van der Waals surface area contributed by atoms with E-state index in [1.807, 2.05) is 48.0 Å². The van der Waals surface area contributed by atoms with E-state index in [-0.39, 0.29) is 30.0 Å². The van der Waals surface area contributed by atoms with Gasteiger partial charge in [0.25, 0.3) is 5.91 Å². The summed E-state index contributed by atoms with van der Waals surface area (Å²) < 4.78 is 24.6. The van der Waals surface area contributed by atoms with Crippen molar-refractivity contribution in [2.24, 2.45) is 13.0 Å². The average molecular weight is 445 g/mol. The van der Waals surface area contributed by atoms with Crippen LogP contribution in [-0.2, 0) is 21.7 Å². The second-order valence-corrected chi connectivity index (χ2v) is 10.5.